The monoisotopic (exact) mass is 1240 g/mol. The maximum atomic E-state index is 14.4. The second-order valence-corrected chi connectivity index (χ2v) is 21.3. The fourth-order valence-corrected chi connectivity index (χ4v) is 9.11. The molecule has 0 aliphatic heterocycles. The standard InChI is InChI=1S/C59H107N11O17/c60-9-19-75-34-56(35-76-20-10-61,36-77-21-11-62)43-84-46-59(47-85-44-57(37-78-22-12-63,38-79-23-13-64)39-80-24-14-65,48-86-45-58(40-81-25-15-66,41-82-26-16-67)42-83-27-17-68)70-54(71)33-74-30-29-73-28-18-69-55(72)87-32-53-51-7-3-1-5-49(51)31-50-6-2-4-8-52(50)53/h1-8,31H,9-30,32-48,60-68H2,(H,69,72)(H,70,71). The van der Waals surface area contributed by atoms with Gasteiger partial charge in [-0.15, -0.1) is 0 Å². The van der Waals surface area contributed by atoms with E-state index in [1.165, 1.54) is 0 Å². The van der Waals surface area contributed by atoms with E-state index in [0.29, 0.717) is 0 Å². The average Bonchev–Trinajstić information content (AvgIpc) is 1.51. The first-order chi connectivity index (χ1) is 42.5. The zero-order valence-electron chi connectivity index (χ0n) is 51.4. The third kappa shape index (κ3) is 31.5. The number of amides is 2. The van der Waals surface area contributed by atoms with Gasteiger partial charge in [0.1, 0.15) is 18.8 Å². The minimum absolute atomic E-state index is 0.0143. The highest BCUT2D eigenvalue weighted by Gasteiger charge is 2.41. The number of ether oxygens (including phenoxy) is 15. The molecule has 28 nitrogen and oxygen atoms in total. The normalized spacial score (nSPS) is 12.4. The van der Waals surface area contributed by atoms with Crippen LogP contribution in [0, 0.1) is 16.2 Å². The second kappa shape index (κ2) is 47.9. The Bertz CT molecular complexity index is 1980. The highest BCUT2D eigenvalue weighted by molar-refractivity contribution is 6.02. The number of benzene rings is 3. The lowest BCUT2D eigenvalue weighted by Crippen LogP contribution is -2.60. The van der Waals surface area contributed by atoms with E-state index < -0.39 is 40.4 Å². The molecule has 500 valence electrons. The number of rotatable bonds is 59. The van der Waals surface area contributed by atoms with Gasteiger partial charge < -0.3 is 133 Å². The molecule has 0 saturated heterocycles. The Hall–Kier alpha value is -4.00. The summed E-state index contributed by atoms with van der Waals surface area (Å²) in [6.07, 6.45) is -0.592. The maximum absolute atomic E-state index is 14.4. The zero-order chi connectivity index (χ0) is 63.0. The smallest absolute Gasteiger partial charge is 0.407 e. The van der Waals surface area contributed by atoms with Crippen molar-refractivity contribution in [2.75, 3.05) is 250 Å². The summed E-state index contributed by atoms with van der Waals surface area (Å²) in [6, 6.07) is 18.1. The summed E-state index contributed by atoms with van der Waals surface area (Å²) in [4.78, 5) is 27.3. The lowest BCUT2D eigenvalue weighted by Gasteiger charge is -2.40. The highest BCUT2D eigenvalue weighted by Crippen LogP contribution is 2.30. The molecule has 3 aromatic carbocycles. The Morgan fingerprint density at radius 3 is 1.00 bits per heavy atom. The summed E-state index contributed by atoms with van der Waals surface area (Å²) < 4.78 is 91.8. The second-order valence-electron chi connectivity index (χ2n) is 21.3. The third-order valence-electron chi connectivity index (χ3n) is 13.1. The SMILES string of the molecule is NCCOCC(COCCN)(COCCN)COCC(COCC(COCCN)(COCCN)COCCN)(COCC(COCCN)(COCCN)COCCN)NC(=O)COCCOCCNC(=O)OCc1c2ccccc2cc2ccccc12. The van der Waals surface area contributed by atoms with Gasteiger partial charge in [-0.3, -0.25) is 4.79 Å². The van der Waals surface area contributed by atoms with Gasteiger partial charge in [0.05, 0.1) is 195 Å². The summed E-state index contributed by atoms with van der Waals surface area (Å²) in [5.41, 5.74) is 49.4. The fourth-order valence-electron chi connectivity index (χ4n) is 9.11. The first-order valence-corrected chi connectivity index (χ1v) is 30.0. The number of nitrogens with one attached hydrogen (secondary N) is 2. The van der Waals surface area contributed by atoms with E-state index in [9.17, 15) is 9.59 Å². The number of hydrogen-bond acceptors (Lipinski definition) is 26. The molecule has 0 saturated carbocycles. The molecule has 0 aliphatic rings. The van der Waals surface area contributed by atoms with E-state index >= 15 is 0 Å². The number of hydrogen-bond donors (Lipinski definition) is 11. The number of nitrogens with two attached hydrogens (primary N) is 9. The predicted octanol–water partition coefficient (Wildman–Crippen LogP) is -2.11. The molecule has 0 atom stereocenters. The first-order valence-electron chi connectivity index (χ1n) is 30.0. The van der Waals surface area contributed by atoms with Gasteiger partial charge in [-0.2, -0.15) is 0 Å². The summed E-state index contributed by atoms with van der Waals surface area (Å²) in [6.45, 7) is 5.17. The maximum Gasteiger partial charge on any atom is 0.407 e. The van der Waals surface area contributed by atoms with Gasteiger partial charge >= 0.3 is 6.09 Å². The van der Waals surface area contributed by atoms with Crippen LogP contribution in [0.3, 0.4) is 0 Å². The lowest BCUT2D eigenvalue weighted by molar-refractivity contribution is -0.150. The fraction of sp³-hybridized carbons (Fsp3) is 0.729. The van der Waals surface area contributed by atoms with Crippen molar-refractivity contribution in [3.63, 3.8) is 0 Å². The van der Waals surface area contributed by atoms with Crippen LogP contribution in [-0.4, -0.2) is 268 Å². The number of carbonyl (C=O) groups is 2. The number of fused-ring (bicyclic) bond motifs is 2. The van der Waals surface area contributed by atoms with Gasteiger partial charge in [-0.05, 0) is 27.6 Å². The molecular weight excluding hydrogens is 1130 g/mol. The molecule has 0 unspecified atom stereocenters. The molecule has 20 N–H and O–H groups in total. The van der Waals surface area contributed by atoms with Crippen molar-refractivity contribution in [2.45, 2.75) is 12.1 Å². The van der Waals surface area contributed by atoms with Crippen LogP contribution in [0.1, 0.15) is 5.56 Å². The number of carbonyl (C=O) groups excluding carboxylic acids is 2. The van der Waals surface area contributed by atoms with E-state index in [2.05, 4.69) is 16.7 Å². The molecule has 0 radical (unpaired) electrons. The van der Waals surface area contributed by atoms with Crippen LogP contribution in [0.5, 0.6) is 0 Å². The van der Waals surface area contributed by atoms with Crippen LogP contribution in [0.15, 0.2) is 54.6 Å². The molecule has 3 aromatic rings. The molecule has 2 amide bonds. The van der Waals surface area contributed by atoms with Gasteiger partial charge in [-0.25, -0.2) is 4.79 Å². The molecule has 0 aliphatic carbocycles. The van der Waals surface area contributed by atoms with E-state index in [1.807, 2.05) is 48.5 Å². The Balaban J connectivity index is 1.94. The topological polar surface area (TPSA) is 431 Å². The molecule has 0 fully saturated rings. The highest BCUT2D eigenvalue weighted by atomic mass is 16.6. The van der Waals surface area contributed by atoms with Crippen LogP contribution in [0.25, 0.3) is 21.5 Å². The van der Waals surface area contributed by atoms with Crippen LogP contribution in [0.4, 0.5) is 4.79 Å². The molecule has 0 heterocycles. The molecule has 0 spiro atoms. The average molecular weight is 1240 g/mol. The summed E-state index contributed by atoms with van der Waals surface area (Å²) >= 11 is 0. The molecular formula is C59H107N11O17. The Morgan fingerprint density at radius 2 is 0.667 bits per heavy atom. The van der Waals surface area contributed by atoms with E-state index in [1.54, 1.807) is 0 Å². The van der Waals surface area contributed by atoms with Gasteiger partial charge in [0.15, 0.2) is 0 Å². The Labute approximate surface area is 513 Å². The Kier molecular flexibility index (Phi) is 42.5. The summed E-state index contributed by atoms with van der Waals surface area (Å²) in [5.74, 6) is -0.547. The van der Waals surface area contributed by atoms with Crippen LogP contribution in [0.2, 0.25) is 0 Å². The lowest BCUT2D eigenvalue weighted by atomic mass is 9.91. The molecule has 28 heteroatoms. The van der Waals surface area contributed by atoms with Crippen molar-refractivity contribution >= 4 is 33.5 Å². The van der Waals surface area contributed by atoms with Crippen LogP contribution in [-0.2, 0) is 82.5 Å². The third-order valence-corrected chi connectivity index (χ3v) is 13.1. The van der Waals surface area contributed by atoms with Crippen molar-refractivity contribution in [1.29, 1.82) is 0 Å². The van der Waals surface area contributed by atoms with E-state index in [0.717, 1.165) is 27.1 Å². The van der Waals surface area contributed by atoms with Gasteiger partial charge in [-0.1, -0.05) is 48.5 Å². The molecule has 0 bridgehead atoms. The Morgan fingerprint density at radius 1 is 0.356 bits per heavy atom. The largest absolute Gasteiger partial charge is 0.445 e. The molecule has 3 rings (SSSR count). The minimum Gasteiger partial charge on any atom is -0.445 e. The van der Waals surface area contributed by atoms with Gasteiger partial charge in [0.25, 0.3) is 0 Å². The van der Waals surface area contributed by atoms with E-state index in [4.69, 9.17) is 123 Å². The van der Waals surface area contributed by atoms with E-state index in [-0.39, 0.29) is 250 Å². The summed E-state index contributed by atoms with van der Waals surface area (Å²) in [5, 5.41) is 10.0. The predicted molar refractivity (Wildman–Crippen MR) is 331 cm³/mol. The van der Waals surface area contributed by atoms with Crippen LogP contribution < -0.4 is 62.2 Å². The van der Waals surface area contributed by atoms with Crippen molar-refractivity contribution in [2.24, 2.45) is 67.8 Å². The van der Waals surface area contributed by atoms with Crippen molar-refractivity contribution in [3.8, 4) is 0 Å². The van der Waals surface area contributed by atoms with Crippen molar-refractivity contribution in [3.05, 3.63) is 60.2 Å². The first kappa shape index (κ1) is 77.2. The minimum atomic E-state index is -1.49. The number of alkyl carbamates (subject to hydrolysis) is 1. The van der Waals surface area contributed by atoms with Gasteiger partial charge in [0, 0.05) is 71.0 Å². The van der Waals surface area contributed by atoms with Crippen molar-refractivity contribution < 1.29 is 80.6 Å². The van der Waals surface area contributed by atoms with Crippen molar-refractivity contribution in [1.82, 2.24) is 10.6 Å². The van der Waals surface area contributed by atoms with Crippen LogP contribution >= 0.6 is 0 Å². The zero-order valence-corrected chi connectivity index (χ0v) is 51.4. The quantitative estimate of drug-likeness (QED) is 0.0213. The van der Waals surface area contributed by atoms with Gasteiger partial charge in [0.2, 0.25) is 5.91 Å². The molecule has 0 aromatic heterocycles. The molecule has 87 heavy (non-hydrogen) atoms. The summed E-state index contributed by atoms with van der Waals surface area (Å²) in [7, 11) is 0.